The maximum Gasteiger partial charge on any atom is 0.0473 e. The molecule has 0 heterocycles. The molecule has 0 fully saturated rings. The summed E-state index contributed by atoms with van der Waals surface area (Å²) in [5.41, 5.74) is 8.42. The molecule has 0 aromatic heterocycles. The molecule has 2 atom stereocenters. The van der Waals surface area contributed by atoms with E-state index in [1.807, 2.05) is 18.2 Å². The fraction of sp³-hybridized carbons (Fsp3) is 0.294. The molecule has 2 aromatic carbocycles. The fourth-order valence-corrected chi connectivity index (χ4v) is 2.96. The number of likely N-dealkylation sites (N-methyl/N-ethyl adjacent to an activating group) is 1. The van der Waals surface area contributed by atoms with Crippen molar-refractivity contribution in [2.75, 3.05) is 13.6 Å². The molecule has 4 heteroatoms. The van der Waals surface area contributed by atoms with Crippen molar-refractivity contribution in [3.8, 4) is 0 Å². The number of halogens is 2. The second kappa shape index (κ2) is 7.41. The van der Waals surface area contributed by atoms with Gasteiger partial charge in [-0.1, -0.05) is 51.8 Å². The van der Waals surface area contributed by atoms with Crippen LogP contribution in [0.4, 0.5) is 0 Å². The van der Waals surface area contributed by atoms with Gasteiger partial charge in [0.15, 0.2) is 0 Å². The van der Waals surface area contributed by atoms with Gasteiger partial charge < -0.3 is 5.73 Å². The summed E-state index contributed by atoms with van der Waals surface area (Å²) in [5, 5.41) is 0.765. The highest BCUT2D eigenvalue weighted by Crippen LogP contribution is 2.29. The van der Waals surface area contributed by atoms with Crippen LogP contribution in [0.15, 0.2) is 53.0 Å². The maximum absolute atomic E-state index is 6.09. The number of rotatable bonds is 5. The summed E-state index contributed by atoms with van der Waals surface area (Å²) in [6, 6.07) is 16.7. The van der Waals surface area contributed by atoms with Gasteiger partial charge in [0.25, 0.3) is 0 Å². The zero-order chi connectivity index (χ0) is 15.4. The van der Waals surface area contributed by atoms with Gasteiger partial charge in [-0.05, 0) is 49.4 Å². The third-order valence-electron chi connectivity index (χ3n) is 3.91. The first kappa shape index (κ1) is 16.5. The van der Waals surface area contributed by atoms with Gasteiger partial charge in [-0.2, -0.15) is 0 Å². The summed E-state index contributed by atoms with van der Waals surface area (Å²) in [6.45, 7) is 2.75. The highest BCUT2D eigenvalue weighted by atomic mass is 79.9. The molecule has 0 bridgehead atoms. The van der Waals surface area contributed by atoms with Gasteiger partial charge in [0, 0.05) is 28.1 Å². The van der Waals surface area contributed by atoms with E-state index in [0.29, 0.717) is 6.54 Å². The Morgan fingerprint density at radius 1 is 1.14 bits per heavy atom. The zero-order valence-corrected chi connectivity index (χ0v) is 14.6. The molecule has 0 saturated heterocycles. The maximum atomic E-state index is 6.09. The quantitative estimate of drug-likeness (QED) is 0.823. The Hall–Kier alpha value is -0.870. The van der Waals surface area contributed by atoms with Gasteiger partial charge in [-0.15, -0.1) is 0 Å². The fourth-order valence-electron chi connectivity index (χ4n) is 2.49. The lowest BCUT2D eigenvalue weighted by Crippen LogP contribution is -2.32. The number of benzene rings is 2. The Bertz CT molecular complexity index is 586. The molecule has 0 aliphatic rings. The molecule has 0 amide bonds. The lowest BCUT2D eigenvalue weighted by atomic mass is 10.0. The predicted molar refractivity (Wildman–Crippen MR) is 93.6 cm³/mol. The molecular weight excluding hydrogens is 348 g/mol. The molecule has 0 saturated carbocycles. The van der Waals surface area contributed by atoms with Gasteiger partial charge in [-0.25, -0.2) is 0 Å². The lowest BCUT2D eigenvalue weighted by molar-refractivity contribution is 0.190. The largest absolute Gasteiger partial charge is 0.329 e. The molecule has 21 heavy (non-hydrogen) atoms. The van der Waals surface area contributed by atoms with Gasteiger partial charge >= 0.3 is 0 Å². The van der Waals surface area contributed by atoms with Crippen molar-refractivity contribution < 1.29 is 0 Å². The van der Waals surface area contributed by atoms with Crippen LogP contribution in [0.5, 0.6) is 0 Å². The standard InChI is InChI=1S/C17H20BrClN2/c1-12(14-4-3-5-16(19)10-14)21(2)17(11-20)13-6-8-15(18)9-7-13/h3-10,12,17H,11,20H2,1-2H3. The Morgan fingerprint density at radius 2 is 1.81 bits per heavy atom. The summed E-state index contributed by atoms with van der Waals surface area (Å²) < 4.78 is 1.08. The third kappa shape index (κ3) is 4.07. The summed E-state index contributed by atoms with van der Waals surface area (Å²) in [5.74, 6) is 0. The molecule has 2 unspecified atom stereocenters. The van der Waals surface area contributed by atoms with Gasteiger partial charge in [0.1, 0.15) is 0 Å². The van der Waals surface area contributed by atoms with Crippen LogP contribution in [-0.4, -0.2) is 18.5 Å². The SMILES string of the molecule is CC(c1cccc(Cl)c1)N(C)C(CN)c1ccc(Br)cc1. The number of nitrogens with two attached hydrogens (primary N) is 1. The van der Waals surface area contributed by atoms with Crippen LogP contribution in [0.25, 0.3) is 0 Å². The highest BCUT2D eigenvalue weighted by Gasteiger charge is 2.21. The van der Waals surface area contributed by atoms with E-state index in [1.54, 1.807) is 0 Å². The smallest absolute Gasteiger partial charge is 0.0473 e. The van der Waals surface area contributed by atoms with E-state index < -0.39 is 0 Å². The molecule has 0 aliphatic carbocycles. The average Bonchev–Trinajstić information content (AvgIpc) is 2.49. The van der Waals surface area contributed by atoms with Crippen molar-refractivity contribution in [2.24, 2.45) is 5.73 Å². The van der Waals surface area contributed by atoms with Crippen molar-refractivity contribution >= 4 is 27.5 Å². The molecule has 2 aromatic rings. The topological polar surface area (TPSA) is 29.3 Å². The molecule has 0 radical (unpaired) electrons. The van der Waals surface area contributed by atoms with Crippen LogP contribution < -0.4 is 5.73 Å². The molecule has 2 N–H and O–H groups in total. The first-order valence-corrected chi connectivity index (χ1v) is 8.13. The molecule has 2 rings (SSSR count). The van der Waals surface area contributed by atoms with E-state index in [0.717, 1.165) is 9.50 Å². The number of hydrogen-bond donors (Lipinski definition) is 1. The monoisotopic (exact) mass is 366 g/mol. The van der Waals surface area contributed by atoms with E-state index in [2.05, 4.69) is 65.1 Å². The Morgan fingerprint density at radius 3 is 2.38 bits per heavy atom. The summed E-state index contributed by atoms with van der Waals surface area (Å²) in [6.07, 6.45) is 0. The second-order valence-corrected chi connectivity index (χ2v) is 6.55. The Balaban J connectivity index is 2.23. The van der Waals surface area contributed by atoms with E-state index in [-0.39, 0.29) is 12.1 Å². The van der Waals surface area contributed by atoms with Crippen LogP contribution >= 0.6 is 27.5 Å². The predicted octanol–water partition coefficient (Wildman–Crippen LogP) is 4.80. The minimum Gasteiger partial charge on any atom is -0.329 e. The van der Waals surface area contributed by atoms with E-state index >= 15 is 0 Å². The number of hydrogen-bond acceptors (Lipinski definition) is 2. The van der Waals surface area contributed by atoms with Crippen LogP contribution in [0.1, 0.15) is 30.1 Å². The summed E-state index contributed by atoms with van der Waals surface area (Å²) >= 11 is 9.56. The normalized spacial score (nSPS) is 14.2. The molecule has 0 spiro atoms. The molecule has 0 aliphatic heterocycles. The minimum absolute atomic E-state index is 0.173. The summed E-state index contributed by atoms with van der Waals surface area (Å²) in [7, 11) is 2.10. The van der Waals surface area contributed by atoms with Gasteiger partial charge in [0.05, 0.1) is 0 Å². The van der Waals surface area contributed by atoms with Gasteiger partial charge in [0.2, 0.25) is 0 Å². The van der Waals surface area contributed by atoms with Crippen LogP contribution in [0, 0.1) is 0 Å². The average molecular weight is 368 g/mol. The molecule has 2 nitrogen and oxygen atoms in total. The van der Waals surface area contributed by atoms with E-state index in [4.69, 9.17) is 17.3 Å². The minimum atomic E-state index is 0.173. The van der Waals surface area contributed by atoms with Crippen molar-refractivity contribution in [1.29, 1.82) is 0 Å². The van der Waals surface area contributed by atoms with E-state index in [9.17, 15) is 0 Å². The van der Waals surface area contributed by atoms with Crippen molar-refractivity contribution in [1.82, 2.24) is 4.90 Å². The van der Waals surface area contributed by atoms with Gasteiger partial charge in [-0.3, -0.25) is 4.90 Å². The van der Waals surface area contributed by atoms with Crippen LogP contribution in [-0.2, 0) is 0 Å². The first-order valence-electron chi connectivity index (χ1n) is 6.96. The number of nitrogens with zero attached hydrogens (tertiary/aromatic N) is 1. The Labute approximate surface area is 140 Å². The highest BCUT2D eigenvalue weighted by molar-refractivity contribution is 9.10. The Kier molecular flexibility index (Phi) is 5.82. The second-order valence-electron chi connectivity index (χ2n) is 5.20. The van der Waals surface area contributed by atoms with E-state index in [1.165, 1.54) is 11.1 Å². The van der Waals surface area contributed by atoms with Crippen molar-refractivity contribution in [3.63, 3.8) is 0 Å². The molecule has 112 valence electrons. The van der Waals surface area contributed by atoms with Crippen LogP contribution in [0.2, 0.25) is 5.02 Å². The van der Waals surface area contributed by atoms with Crippen molar-refractivity contribution in [2.45, 2.75) is 19.0 Å². The lowest BCUT2D eigenvalue weighted by Gasteiger charge is -2.33. The first-order chi connectivity index (χ1) is 10.0. The molecular formula is C17H20BrClN2. The van der Waals surface area contributed by atoms with Crippen LogP contribution in [0.3, 0.4) is 0 Å². The van der Waals surface area contributed by atoms with Crippen molar-refractivity contribution in [3.05, 3.63) is 69.2 Å². The zero-order valence-electron chi connectivity index (χ0n) is 12.3. The third-order valence-corrected chi connectivity index (χ3v) is 4.68. The summed E-state index contributed by atoms with van der Waals surface area (Å²) in [4.78, 5) is 2.29.